The summed E-state index contributed by atoms with van der Waals surface area (Å²) >= 11 is 5.79. The Morgan fingerprint density at radius 2 is 2.18 bits per heavy atom. The Labute approximate surface area is 105 Å². The summed E-state index contributed by atoms with van der Waals surface area (Å²) in [4.78, 5) is 11.5. The van der Waals surface area contributed by atoms with Crippen molar-refractivity contribution in [2.24, 2.45) is 0 Å². The highest BCUT2D eigenvalue weighted by Gasteiger charge is 2.16. The molecule has 0 unspecified atom stereocenters. The monoisotopic (exact) mass is 259 g/mol. The highest BCUT2D eigenvalue weighted by atomic mass is 35.5. The van der Waals surface area contributed by atoms with Gasteiger partial charge in [0, 0.05) is 17.1 Å². The lowest BCUT2D eigenvalue weighted by Gasteiger charge is -2.17. The Morgan fingerprint density at radius 3 is 2.71 bits per heavy atom. The molecule has 1 aromatic carbocycles. The van der Waals surface area contributed by atoms with E-state index in [1.807, 2.05) is 0 Å². The molecule has 0 bridgehead atoms. The van der Waals surface area contributed by atoms with Crippen molar-refractivity contribution in [3.8, 4) is 0 Å². The van der Waals surface area contributed by atoms with Crippen molar-refractivity contribution in [3.05, 3.63) is 34.6 Å². The number of aliphatic hydroxyl groups is 1. The maximum atomic E-state index is 13.4. The minimum Gasteiger partial charge on any atom is -0.389 e. The summed E-state index contributed by atoms with van der Waals surface area (Å²) in [5, 5.41) is 12.2. The number of amides is 1. The molecule has 0 fully saturated rings. The number of halogens is 2. The first-order chi connectivity index (χ1) is 7.79. The first-order valence-corrected chi connectivity index (χ1v) is 5.59. The van der Waals surface area contributed by atoms with Crippen molar-refractivity contribution < 1.29 is 14.3 Å². The van der Waals surface area contributed by atoms with E-state index in [1.165, 1.54) is 18.2 Å². The third-order valence-electron chi connectivity index (χ3n) is 2.12. The number of benzene rings is 1. The van der Waals surface area contributed by atoms with Crippen LogP contribution in [0.15, 0.2) is 18.2 Å². The van der Waals surface area contributed by atoms with Crippen LogP contribution in [0.2, 0.25) is 5.02 Å². The summed E-state index contributed by atoms with van der Waals surface area (Å²) < 4.78 is 13.4. The third kappa shape index (κ3) is 4.71. The lowest BCUT2D eigenvalue weighted by molar-refractivity contribution is -0.121. The van der Waals surface area contributed by atoms with E-state index in [0.717, 1.165) is 0 Å². The lowest BCUT2D eigenvalue weighted by Crippen LogP contribution is -2.38. The van der Waals surface area contributed by atoms with Crippen LogP contribution in [0.3, 0.4) is 0 Å². The Hall–Kier alpha value is -1.13. The average Bonchev–Trinajstić information content (AvgIpc) is 2.20. The molecular formula is C12H15ClFNO2. The molecule has 0 aliphatic rings. The summed E-state index contributed by atoms with van der Waals surface area (Å²) in [6.45, 7) is 3.25. The van der Waals surface area contributed by atoms with Crippen molar-refractivity contribution in [2.75, 3.05) is 6.54 Å². The predicted octanol–water partition coefficient (Wildman–Crippen LogP) is 1.91. The van der Waals surface area contributed by atoms with Gasteiger partial charge in [-0.3, -0.25) is 4.79 Å². The summed E-state index contributed by atoms with van der Waals surface area (Å²) in [6.07, 6.45) is -0.137. The van der Waals surface area contributed by atoms with Gasteiger partial charge in [0.05, 0.1) is 12.0 Å². The van der Waals surface area contributed by atoms with Gasteiger partial charge in [0.1, 0.15) is 5.82 Å². The molecule has 1 amide bonds. The normalized spacial score (nSPS) is 11.4. The van der Waals surface area contributed by atoms with Crippen LogP contribution in [0.4, 0.5) is 4.39 Å². The van der Waals surface area contributed by atoms with E-state index in [-0.39, 0.29) is 29.5 Å². The van der Waals surface area contributed by atoms with Crippen LogP contribution in [-0.4, -0.2) is 23.2 Å². The fourth-order valence-electron chi connectivity index (χ4n) is 1.24. The van der Waals surface area contributed by atoms with E-state index in [4.69, 9.17) is 11.6 Å². The van der Waals surface area contributed by atoms with Crippen LogP contribution >= 0.6 is 11.6 Å². The van der Waals surface area contributed by atoms with E-state index in [1.54, 1.807) is 13.8 Å². The van der Waals surface area contributed by atoms with Gasteiger partial charge in [-0.2, -0.15) is 0 Å². The fourth-order valence-corrected chi connectivity index (χ4v) is 1.47. The van der Waals surface area contributed by atoms with Crippen molar-refractivity contribution in [2.45, 2.75) is 25.9 Å². The first kappa shape index (κ1) is 13.9. The van der Waals surface area contributed by atoms with Crippen LogP contribution in [0, 0.1) is 5.82 Å². The van der Waals surface area contributed by atoms with E-state index >= 15 is 0 Å². The zero-order valence-electron chi connectivity index (χ0n) is 9.76. The summed E-state index contributed by atoms with van der Waals surface area (Å²) in [5.41, 5.74) is -0.822. The van der Waals surface area contributed by atoms with E-state index in [2.05, 4.69) is 5.32 Å². The van der Waals surface area contributed by atoms with Gasteiger partial charge in [-0.05, 0) is 26.0 Å². The molecule has 0 atom stereocenters. The average molecular weight is 260 g/mol. The Morgan fingerprint density at radius 1 is 1.53 bits per heavy atom. The summed E-state index contributed by atoms with van der Waals surface area (Å²) in [5.74, 6) is -0.880. The molecule has 3 nitrogen and oxygen atoms in total. The van der Waals surface area contributed by atoms with Gasteiger partial charge in [-0.25, -0.2) is 4.39 Å². The van der Waals surface area contributed by atoms with Crippen molar-refractivity contribution in [3.63, 3.8) is 0 Å². The molecule has 0 aromatic heterocycles. The largest absolute Gasteiger partial charge is 0.389 e. The van der Waals surface area contributed by atoms with E-state index in [9.17, 15) is 14.3 Å². The van der Waals surface area contributed by atoms with Crippen LogP contribution in [0.1, 0.15) is 19.4 Å². The maximum absolute atomic E-state index is 13.4. The van der Waals surface area contributed by atoms with Crippen molar-refractivity contribution >= 4 is 17.5 Å². The van der Waals surface area contributed by atoms with Crippen LogP contribution in [0.25, 0.3) is 0 Å². The molecule has 1 rings (SSSR count). The molecule has 0 radical (unpaired) electrons. The quantitative estimate of drug-likeness (QED) is 0.868. The number of nitrogens with one attached hydrogen (secondary N) is 1. The van der Waals surface area contributed by atoms with Crippen LogP contribution in [-0.2, 0) is 11.2 Å². The lowest BCUT2D eigenvalue weighted by atomic mass is 10.1. The molecule has 0 heterocycles. The predicted molar refractivity (Wildman–Crippen MR) is 64.4 cm³/mol. The van der Waals surface area contributed by atoms with Crippen LogP contribution < -0.4 is 5.32 Å². The highest BCUT2D eigenvalue weighted by Crippen LogP contribution is 2.19. The molecule has 0 spiro atoms. The second-order valence-corrected chi connectivity index (χ2v) is 4.87. The molecule has 0 saturated carbocycles. The third-order valence-corrected chi connectivity index (χ3v) is 2.47. The molecule has 17 heavy (non-hydrogen) atoms. The SMILES string of the molecule is CC(C)(O)CNC(=O)Cc1c(F)cccc1Cl. The summed E-state index contributed by atoms with van der Waals surface area (Å²) in [7, 11) is 0. The molecule has 0 saturated heterocycles. The first-order valence-electron chi connectivity index (χ1n) is 5.21. The highest BCUT2D eigenvalue weighted by molar-refractivity contribution is 6.31. The Kier molecular flexibility index (Phi) is 4.48. The standard InChI is InChI=1S/C12H15ClFNO2/c1-12(2,17)7-15-11(16)6-8-9(13)4-3-5-10(8)14/h3-5,17H,6-7H2,1-2H3,(H,15,16). The number of rotatable bonds is 4. The Balaban J connectivity index is 2.63. The van der Waals surface area contributed by atoms with Gasteiger partial charge in [-0.1, -0.05) is 17.7 Å². The van der Waals surface area contributed by atoms with Gasteiger partial charge < -0.3 is 10.4 Å². The molecule has 1 aromatic rings. The number of carbonyl (C=O) groups excluding carboxylic acids is 1. The minimum absolute atomic E-state index is 0.109. The molecule has 2 N–H and O–H groups in total. The van der Waals surface area contributed by atoms with Gasteiger partial charge >= 0.3 is 0 Å². The number of hydrogen-bond acceptors (Lipinski definition) is 2. The zero-order valence-corrected chi connectivity index (χ0v) is 10.5. The number of hydrogen-bond donors (Lipinski definition) is 2. The molecule has 94 valence electrons. The second kappa shape index (κ2) is 5.47. The van der Waals surface area contributed by atoms with Crippen molar-refractivity contribution in [1.29, 1.82) is 0 Å². The summed E-state index contributed by atoms with van der Waals surface area (Å²) in [6, 6.07) is 4.27. The molecular weight excluding hydrogens is 245 g/mol. The number of carbonyl (C=O) groups is 1. The van der Waals surface area contributed by atoms with Gasteiger partial charge in [0.2, 0.25) is 5.91 Å². The van der Waals surface area contributed by atoms with Gasteiger partial charge in [0.15, 0.2) is 0 Å². The van der Waals surface area contributed by atoms with Crippen LogP contribution in [0.5, 0.6) is 0 Å². The minimum atomic E-state index is -0.991. The van der Waals surface area contributed by atoms with Gasteiger partial charge in [-0.15, -0.1) is 0 Å². The maximum Gasteiger partial charge on any atom is 0.224 e. The van der Waals surface area contributed by atoms with E-state index < -0.39 is 11.4 Å². The van der Waals surface area contributed by atoms with E-state index in [0.29, 0.717) is 0 Å². The molecule has 0 aliphatic carbocycles. The van der Waals surface area contributed by atoms with Gasteiger partial charge in [0.25, 0.3) is 0 Å². The second-order valence-electron chi connectivity index (χ2n) is 4.47. The van der Waals surface area contributed by atoms with Crippen molar-refractivity contribution in [1.82, 2.24) is 5.32 Å². The zero-order chi connectivity index (χ0) is 13.1. The smallest absolute Gasteiger partial charge is 0.224 e. The fraction of sp³-hybridized carbons (Fsp3) is 0.417. The Bertz CT molecular complexity index is 395. The topological polar surface area (TPSA) is 49.3 Å². The molecule has 5 heteroatoms. The molecule has 0 aliphatic heterocycles.